The molecule has 0 aliphatic heterocycles. The standard InChI is InChI=1S/C12H18N4O2/c1-9(2)5-12-14-11(15-18-12)8-16-7-10(3-4-17)6-13-16/h6-7,9,17H,3-5,8H2,1-2H3. The molecule has 0 spiro atoms. The molecule has 0 amide bonds. The van der Waals surface area contributed by atoms with Crippen molar-refractivity contribution in [2.45, 2.75) is 33.2 Å². The fourth-order valence-electron chi connectivity index (χ4n) is 1.68. The summed E-state index contributed by atoms with van der Waals surface area (Å²) in [6, 6.07) is 0. The molecule has 2 aromatic heterocycles. The van der Waals surface area contributed by atoms with Crippen LogP contribution in [0.4, 0.5) is 0 Å². The molecule has 0 radical (unpaired) electrons. The van der Waals surface area contributed by atoms with Crippen LogP contribution in [0, 0.1) is 5.92 Å². The molecule has 98 valence electrons. The van der Waals surface area contributed by atoms with E-state index in [1.54, 1.807) is 10.9 Å². The molecule has 6 heteroatoms. The highest BCUT2D eigenvalue weighted by Crippen LogP contribution is 2.07. The minimum absolute atomic E-state index is 0.131. The predicted octanol–water partition coefficient (Wildman–Crippen LogP) is 1.05. The molecule has 2 aromatic rings. The first kappa shape index (κ1) is 12.8. The fourth-order valence-corrected chi connectivity index (χ4v) is 1.68. The van der Waals surface area contributed by atoms with Gasteiger partial charge in [-0.1, -0.05) is 19.0 Å². The molecular weight excluding hydrogens is 232 g/mol. The summed E-state index contributed by atoms with van der Waals surface area (Å²) in [5, 5.41) is 16.9. The average molecular weight is 250 g/mol. The van der Waals surface area contributed by atoms with Crippen molar-refractivity contribution >= 4 is 0 Å². The van der Waals surface area contributed by atoms with E-state index in [-0.39, 0.29) is 6.61 Å². The maximum atomic E-state index is 8.83. The Morgan fingerprint density at radius 2 is 2.28 bits per heavy atom. The summed E-state index contributed by atoms with van der Waals surface area (Å²) < 4.78 is 6.90. The number of hydrogen-bond donors (Lipinski definition) is 1. The van der Waals surface area contributed by atoms with Crippen molar-refractivity contribution in [3.63, 3.8) is 0 Å². The summed E-state index contributed by atoms with van der Waals surface area (Å²) >= 11 is 0. The van der Waals surface area contributed by atoms with Gasteiger partial charge in [0, 0.05) is 19.2 Å². The van der Waals surface area contributed by atoms with Crippen LogP contribution in [0.2, 0.25) is 0 Å². The molecule has 6 nitrogen and oxygen atoms in total. The van der Waals surface area contributed by atoms with E-state index in [9.17, 15) is 0 Å². The van der Waals surface area contributed by atoms with E-state index in [2.05, 4.69) is 29.1 Å². The van der Waals surface area contributed by atoms with E-state index in [0.717, 1.165) is 12.0 Å². The quantitative estimate of drug-likeness (QED) is 0.829. The van der Waals surface area contributed by atoms with E-state index < -0.39 is 0 Å². The SMILES string of the molecule is CC(C)Cc1nc(Cn2cc(CCO)cn2)no1. The van der Waals surface area contributed by atoms with Crippen LogP contribution in [-0.2, 0) is 19.4 Å². The highest BCUT2D eigenvalue weighted by molar-refractivity contribution is 5.04. The minimum atomic E-state index is 0.131. The van der Waals surface area contributed by atoms with Gasteiger partial charge in [0.1, 0.15) is 6.54 Å². The monoisotopic (exact) mass is 250 g/mol. The Morgan fingerprint density at radius 3 is 3.00 bits per heavy atom. The summed E-state index contributed by atoms with van der Waals surface area (Å²) in [5.74, 6) is 1.80. The molecule has 0 atom stereocenters. The molecule has 0 aliphatic carbocycles. The van der Waals surface area contributed by atoms with Crippen LogP contribution in [0.5, 0.6) is 0 Å². The van der Waals surface area contributed by atoms with E-state index in [4.69, 9.17) is 9.63 Å². The van der Waals surface area contributed by atoms with E-state index >= 15 is 0 Å². The van der Waals surface area contributed by atoms with Crippen LogP contribution in [0.25, 0.3) is 0 Å². The van der Waals surface area contributed by atoms with Gasteiger partial charge in [-0.25, -0.2) is 0 Å². The van der Waals surface area contributed by atoms with Crippen LogP contribution < -0.4 is 0 Å². The third kappa shape index (κ3) is 3.40. The summed E-state index contributed by atoms with van der Waals surface area (Å²) in [7, 11) is 0. The summed E-state index contributed by atoms with van der Waals surface area (Å²) in [6.07, 6.45) is 5.03. The average Bonchev–Trinajstić information content (AvgIpc) is 2.89. The van der Waals surface area contributed by atoms with Gasteiger partial charge in [-0.05, 0) is 17.9 Å². The molecule has 0 aliphatic rings. The molecule has 2 rings (SSSR count). The lowest BCUT2D eigenvalue weighted by Gasteiger charge is -1.96. The Hall–Kier alpha value is -1.69. The number of hydrogen-bond acceptors (Lipinski definition) is 5. The van der Waals surface area contributed by atoms with Crippen molar-refractivity contribution in [1.82, 2.24) is 19.9 Å². The van der Waals surface area contributed by atoms with Gasteiger partial charge in [0.25, 0.3) is 0 Å². The Labute approximate surface area is 106 Å². The van der Waals surface area contributed by atoms with Gasteiger partial charge in [0.15, 0.2) is 5.82 Å². The Kier molecular flexibility index (Phi) is 4.09. The first-order valence-corrected chi connectivity index (χ1v) is 6.11. The second-order valence-electron chi connectivity index (χ2n) is 4.72. The van der Waals surface area contributed by atoms with Gasteiger partial charge in [0.2, 0.25) is 5.89 Å². The normalized spacial score (nSPS) is 11.3. The number of aliphatic hydroxyl groups excluding tert-OH is 1. The zero-order chi connectivity index (χ0) is 13.0. The lowest BCUT2D eigenvalue weighted by atomic mass is 10.1. The maximum Gasteiger partial charge on any atom is 0.226 e. The zero-order valence-corrected chi connectivity index (χ0v) is 10.7. The van der Waals surface area contributed by atoms with Gasteiger partial charge in [-0.2, -0.15) is 10.1 Å². The first-order valence-electron chi connectivity index (χ1n) is 6.11. The van der Waals surface area contributed by atoms with Gasteiger partial charge in [0.05, 0.1) is 6.20 Å². The number of aliphatic hydroxyl groups is 1. The van der Waals surface area contributed by atoms with Gasteiger partial charge < -0.3 is 9.63 Å². The first-order chi connectivity index (χ1) is 8.67. The van der Waals surface area contributed by atoms with E-state index in [0.29, 0.717) is 30.6 Å². The van der Waals surface area contributed by atoms with Crippen molar-refractivity contribution in [2.75, 3.05) is 6.61 Å². The molecule has 18 heavy (non-hydrogen) atoms. The second kappa shape index (κ2) is 5.77. The Bertz CT molecular complexity index is 490. The van der Waals surface area contributed by atoms with Crippen molar-refractivity contribution in [2.24, 2.45) is 5.92 Å². The van der Waals surface area contributed by atoms with Crippen LogP contribution in [0.1, 0.15) is 31.1 Å². The molecule has 0 saturated heterocycles. The highest BCUT2D eigenvalue weighted by atomic mass is 16.5. The zero-order valence-electron chi connectivity index (χ0n) is 10.7. The molecule has 0 unspecified atom stereocenters. The van der Waals surface area contributed by atoms with Crippen molar-refractivity contribution in [3.05, 3.63) is 29.7 Å². The van der Waals surface area contributed by atoms with E-state index in [1.165, 1.54) is 0 Å². The Balaban J connectivity index is 1.97. The Morgan fingerprint density at radius 1 is 1.44 bits per heavy atom. The molecule has 0 aromatic carbocycles. The van der Waals surface area contributed by atoms with Crippen LogP contribution >= 0.6 is 0 Å². The third-order valence-corrected chi connectivity index (χ3v) is 2.48. The predicted molar refractivity (Wildman–Crippen MR) is 65.0 cm³/mol. The molecular formula is C12H18N4O2. The number of nitrogens with zero attached hydrogens (tertiary/aromatic N) is 4. The maximum absolute atomic E-state index is 8.83. The molecule has 0 bridgehead atoms. The second-order valence-corrected chi connectivity index (χ2v) is 4.72. The molecule has 0 fully saturated rings. The minimum Gasteiger partial charge on any atom is -0.396 e. The third-order valence-electron chi connectivity index (χ3n) is 2.48. The van der Waals surface area contributed by atoms with Crippen molar-refractivity contribution in [3.8, 4) is 0 Å². The van der Waals surface area contributed by atoms with Gasteiger partial charge in [-0.3, -0.25) is 4.68 Å². The lowest BCUT2D eigenvalue weighted by Crippen LogP contribution is -2.02. The van der Waals surface area contributed by atoms with Gasteiger partial charge >= 0.3 is 0 Å². The summed E-state index contributed by atoms with van der Waals surface area (Å²) in [4.78, 5) is 4.31. The van der Waals surface area contributed by atoms with Crippen molar-refractivity contribution in [1.29, 1.82) is 0 Å². The van der Waals surface area contributed by atoms with Crippen LogP contribution in [-0.4, -0.2) is 31.6 Å². The summed E-state index contributed by atoms with van der Waals surface area (Å²) in [5.41, 5.74) is 1.00. The topological polar surface area (TPSA) is 77.0 Å². The number of aromatic nitrogens is 4. The highest BCUT2D eigenvalue weighted by Gasteiger charge is 2.09. The molecule has 1 N–H and O–H groups in total. The van der Waals surface area contributed by atoms with Crippen LogP contribution in [0.15, 0.2) is 16.9 Å². The molecule has 2 heterocycles. The number of rotatable bonds is 6. The largest absolute Gasteiger partial charge is 0.396 e. The van der Waals surface area contributed by atoms with E-state index in [1.807, 2.05) is 6.20 Å². The van der Waals surface area contributed by atoms with Gasteiger partial charge in [-0.15, -0.1) is 0 Å². The molecule has 0 saturated carbocycles. The lowest BCUT2D eigenvalue weighted by molar-refractivity contribution is 0.299. The van der Waals surface area contributed by atoms with Crippen LogP contribution in [0.3, 0.4) is 0 Å². The van der Waals surface area contributed by atoms with Crippen molar-refractivity contribution < 1.29 is 9.63 Å². The smallest absolute Gasteiger partial charge is 0.226 e. The summed E-state index contributed by atoms with van der Waals surface area (Å²) in [6.45, 7) is 4.84. The fraction of sp³-hybridized carbons (Fsp3) is 0.583.